The van der Waals surface area contributed by atoms with E-state index in [4.69, 9.17) is 0 Å². The number of carbonyl (C=O) groups is 1. The third-order valence-corrected chi connectivity index (χ3v) is 8.09. The van der Waals surface area contributed by atoms with Crippen molar-refractivity contribution < 1.29 is 13.2 Å². The van der Waals surface area contributed by atoms with E-state index in [2.05, 4.69) is 10.3 Å². The Morgan fingerprint density at radius 1 is 1.21 bits per heavy atom. The summed E-state index contributed by atoms with van der Waals surface area (Å²) in [5.74, 6) is 0.699. The van der Waals surface area contributed by atoms with Crippen LogP contribution in [0.4, 0.5) is 5.82 Å². The first-order chi connectivity index (χ1) is 13.4. The Bertz CT molecular complexity index is 919. The number of nitrogens with zero attached hydrogens (tertiary/aromatic N) is 3. The molecule has 2 aromatic heterocycles. The second-order valence-electron chi connectivity index (χ2n) is 7.06. The van der Waals surface area contributed by atoms with E-state index in [0.717, 1.165) is 35.5 Å². The van der Waals surface area contributed by atoms with Crippen LogP contribution in [-0.2, 0) is 27.8 Å². The van der Waals surface area contributed by atoms with Gasteiger partial charge in [0.1, 0.15) is 10.0 Å². The number of piperidine rings is 1. The lowest BCUT2D eigenvalue weighted by Gasteiger charge is -2.25. The molecule has 0 bridgehead atoms. The molecular formula is C19H26N4O3S2. The summed E-state index contributed by atoms with van der Waals surface area (Å²) in [6, 6.07) is 7.14. The van der Waals surface area contributed by atoms with Gasteiger partial charge in [0, 0.05) is 44.8 Å². The minimum absolute atomic E-state index is 0.132. The van der Waals surface area contributed by atoms with Crippen molar-refractivity contribution in [1.29, 1.82) is 0 Å². The van der Waals surface area contributed by atoms with E-state index in [1.807, 2.05) is 31.1 Å². The molecular weight excluding hydrogens is 396 g/mol. The fourth-order valence-electron chi connectivity index (χ4n) is 3.06. The Kier molecular flexibility index (Phi) is 6.69. The van der Waals surface area contributed by atoms with Crippen molar-refractivity contribution >= 4 is 33.1 Å². The van der Waals surface area contributed by atoms with Crippen LogP contribution in [0.5, 0.6) is 0 Å². The largest absolute Gasteiger partial charge is 0.363 e. The van der Waals surface area contributed by atoms with Crippen molar-refractivity contribution in [3.63, 3.8) is 0 Å². The van der Waals surface area contributed by atoms with Crippen LogP contribution in [0, 0.1) is 0 Å². The highest BCUT2D eigenvalue weighted by atomic mass is 32.2. The Labute approximate surface area is 170 Å². The third kappa shape index (κ3) is 5.09. The van der Waals surface area contributed by atoms with Gasteiger partial charge >= 0.3 is 0 Å². The molecule has 0 radical (unpaired) electrons. The zero-order valence-electron chi connectivity index (χ0n) is 16.2. The van der Waals surface area contributed by atoms with Crippen LogP contribution < -0.4 is 10.2 Å². The van der Waals surface area contributed by atoms with Gasteiger partial charge in [-0.3, -0.25) is 4.79 Å². The van der Waals surface area contributed by atoms with Gasteiger partial charge in [-0.05, 0) is 42.7 Å². The molecule has 0 saturated carbocycles. The Hall–Kier alpha value is -1.97. The van der Waals surface area contributed by atoms with Crippen molar-refractivity contribution in [2.75, 3.05) is 32.1 Å². The number of nitrogens with one attached hydrogen (secondary N) is 1. The number of hydrogen-bond donors (Lipinski definition) is 1. The number of hydrogen-bond acceptors (Lipinski definition) is 6. The first-order valence-electron chi connectivity index (χ1n) is 9.34. The van der Waals surface area contributed by atoms with Crippen LogP contribution in [0.2, 0.25) is 0 Å². The van der Waals surface area contributed by atoms with E-state index in [-0.39, 0.29) is 12.3 Å². The van der Waals surface area contributed by atoms with Crippen molar-refractivity contribution in [3.8, 4) is 0 Å². The minimum atomic E-state index is -3.44. The monoisotopic (exact) mass is 422 g/mol. The normalized spacial score (nSPS) is 15.4. The van der Waals surface area contributed by atoms with Crippen LogP contribution in [0.1, 0.15) is 29.7 Å². The van der Waals surface area contributed by atoms with Gasteiger partial charge in [-0.25, -0.2) is 13.4 Å². The lowest BCUT2D eigenvalue weighted by Crippen LogP contribution is -2.35. The SMILES string of the molecule is CN(C)c1cc(CNC(=O)Cc2ccc(S(=O)(=O)N3CCCCC3)s2)ccn1. The molecule has 0 spiro atoms. The molecule has 0 unspecified atom stereocenters. The fraction of sp³-hybridized carbons (Fsp3) is 0.474. The predicted octanol–water partition coefficient (Wildman–Crippen LogP) is 2.24. The number of amides is 1. The number of pyridine rings is 1. The molecule has 3 rings (SSSR count). The molecule has 1 N–H and O–H groups in total. The zero-order chi connectivity index (χ0) is 20.1. The van der Waals surface area contributed by atoms with Gasteiger partial charge < -0.3 is 10.2 Å². The summed E-state index contributed by atoms with van der Waals surface area (Å²) in [4.78, 5) is 19.2. The average Bonchev–Trinajstić information content (AvgIpc) is 3.16. The summed E-state index contributed by atoms with van der Waals surface area (Å²) in [7, 11) is 0.391. The highest BCUT2D eigenvalue weighted by Gasteiger charge is 2.27. The van der Waals surface area contributed by atoms with Crippen LogP contribution in [0.15, 0.2) is 34.7 Å². The molecule has 9 heteroatoms. The molecule has 1 amide bonds. The Morgan fingerprint density at radius 3 is 2.68 bits per heavy atom. The number of aromatic nitrogens is 1. The topological polar surface area (TPSA) is 82.6 Å². The first kappa shape index (κ1) is 20.8. The third-order valence-electron chi connectivity index (χ3n) is 4.64. The van der Waals surface area contributed by atoms with Gasteiger partial charge in [0.15, 0.2) is 0 Å². The molecule has 28 heavy (non-hydrogen) atoms. The Morgan fingerprint density at radius 2 is 1.96 bits per heavy atom. The molecule has 1 saturated heterocycles. The number of carbonyl (C=O) groups excluding carboxylic acids is 1. The van der Waals surface area contributed by atoms with E-state index in [0.29, 0.717) is 23.8 Å². The maximum Gasteiger partial charge on any atom is 0.252 e. The second kappa shape index (κ2) is 9.02. The molecule has 2 aromatic rings. The van der Waals surface area contributed by atoms with Gasteiger partial charge in [0.2, 0.25) is 5.91 Å². The maximum atomic E-state index is 12.7. The maximum absolute atomic E-state index is 12.7. The van der Waals surface area contributed by atoms with Crippen LogP contribution in [0.3, 0.4) is 0 Å². The second-order valence-corrected chi connectivity index (χ2v) is 10.4. The molecule has 1 aliphatic rings. The molecule has 1 aliphatic heterocycles. The number of anilines is 1. The molecule has 0 atom stereocenters. The highest BCUT2D eigenvalue weighted by molar-refractivity contribution is 7.91. The zero-order valence-corrected chi connectivity index (χ0v) is 17.9. The average molecular weight is 423 g/mol. The summed E-state index contributed by atoms with van der Waals surface area (Å²) < 4.78 is 27.3. The van der Waals surface area contributed by atoms with E-state index < -0.39 is 10.0 Å². The standard InChI is InChI=1S/C19H26N4O3S2/c1-22(2)17-12-15(8-9-20-17)14-21-18(24)13-16-6-7-19(27-16)28(25,26)23-10-4-3-5-11-23/h6-9,12H,3-5,10-11,13-14H2,1-2H3,(H,21,24). The molecule has 1 fully saturated rings. The smallest absolute Gasteiger partial charge is 0.252 e. The van der Waals surface area contributed by atoms with Gasteiger partial charge in [-0.2, -0.15) is 4.31 Å². The number of sulfonamides is 1. The Balaban J connectivity index is 1.57. The number of thiophene rings is 1. The summed E-state index contributed by atoms with van der Waals surface area (Å²) in [6.07, 6.45) is 4.78. The van der Waals surface area contributed by atoms with Crippen molar-refractivity contribution in [2.24, 2.45) is 0 Å². The van der Waals surface area contributed by atoms with E-state index >= 15 is 0 Å². The van der Waals surface area contributed by atoms with Crippen molar-refractivity contribution in [1.82, 2.24) is 14.6 Å². The van der Waals surface area contributed by atoms with Gasteiger partial charge in [-0.15, -0.1) is 11.3 Å². The van der Waals surface area contributed by atoms with Crippen LogP contribution in [-0.4, -0.2) is 50.8 Å². The molecule has 152 valence electrons. The summed E-state index contributed by atoms with van der Waals surface area (Å²) >= 11 is 1.18. The van der Waals surface area contributed by atoms with Crippen molar-refractivity contribution in [3.05, 3.63) is 40.9 Å². The molecule has 0 aromatic carbocycles. The van der Waals surface area contributed by atoms with Gasteiger partial charge in [0.05, 0.1) is 6.42 Å². The molecule has 0 aliphatic carbocycles. The van der Waals surface area contributed by atoms with Crippen LogP contribution in [0.25, 0.3) is 0 Å². The summed E-state index contributed by atoms with van der Waals surface area (Å²) in [6.45, 7) is 1.57. The van der Waals surface area contributed by atoms with Gasteiger partial charge in [-0.1, -0.05) is 6.42 Å². The van der Waals surface area contributed by atoms with E-state index in [9.17, 15) is 13.2 Å². The van der Waals surface area contributed by atoms with Crippen LogP contribution >= 0.6 is 11.3 Å². The molecule has 7 nitrogen and oxygen atoms in total. The highest BCUT2D eigenvalue weighted by Crippen LogP contribution is 2.27. The van der Waals surface area contributed by atoms with Gasteiger partial charge in [0.25, 0.3) is 10.0 Å². The molecule has 3 heterocycles. The first-order valence-corrected chi connectivity index (χ1v) is 11.6. The quantitative estimate of drug-likeness (QED) is 0.740. The summed E-state index contributed by atoms with van der Waals surface area (Å²) in [5, 5.41) is 2.89. The summed E-state index contributed by atoms with van der Waals surface area (Å²) in [5.41, 5.74) is 0.964. The fourth-order valence-corrected chi connectivity index (χ4v) is 6.09. The number of rotatable bonds is 7. The predicted molar refractivity (Wildman–Crippen MR) is 111 cm³/mol. The van der Waals surface area contributed by atoms with Crippen molar-refractivity contribution in [2.45, 2.75) is 36.4 Å². The van der Waals surface area contributed by atoms with E-state index in [1.54, 1.807) is 22.6 Å². The lowest BCUT2D eigenvalue weighted by molar-refractivity contribution is -0.120. The van der Waals surface area contributed by atoms with E-state index in [1.165, 1.54) is 11.3 Å². The minimum Gasteiger partial charge on any atom is -0.363 e. The lowest BCUT2D eigenvalue weighted by atomic mass is 10.2.